The van der Waals surface area contributed by atoms with Gasteiger partial charge in [-0.25, -0.2) is 4.39 Å². The van der Waals surface area contributed by atoms with E-state index in [-0.39, 0.29) is 15.5 Å². The summed E-state index contributed by atoms with van der Waals surface area (Å²) in [7, 11) is 2.21. The Morgan fingerprint density at radius 2 is 2.05 bits per heavy atom. The minimum absolute atomic E-state index is 0.134. The zero-order valence-electron chi connectivity index (χ0n) is 11.0. The largest absolute Gasteiger partial charge is 0.357 e. The highest BCUT2D eigenvalue weighted by Gasteiger charge is 2.17. The molecule has 0 aliphatic carbocycles. The quantitative estimate of drug-likeness (QED) is 0.790. The maximum absolute atomic E-state index is 13.2. The molecule has 1 heterocycles. The van der Waals surface area contributed by atoms with Crippen LogP contribution in [0.2, 0.25) is 5.02 Å². The number of halogens is 2. The van der Waals surface area contributed by atoms with E-state index in [1.807, 2.05) is 11.9 Å². The molecule has 0 N–H and O–H groups in total. The second kappa shape index (κ2) is 5.97. The zero-order valence-corrected chi connectivity index (χ0v) is 12.6. The van der Waals surface area contributed by atoms with Gasteiger partial charge in [0.1, 0.15) is 11.6 Å². The fourth-order valence-corrected chi connectivity index (χ4v) is 3.34. The number of hydrogen-bond donors (Lipinski definition) is 0. The van der Waals surface area contributed by atoms with Gasteiger partial charge in [0, 0.05) is 37.3 Å². The van der Waals surface area contributed by atoms with Crippen LogP contribution in [0.3, 0.4) is 0 Å². The molecule has 5 heteroatoms. The van der Waals surface area contributed by atoms with Crippen LogP contribution in [0.4, 0.5) is 10.1 Å². The minimum Gasteiger partial charge on any atom is -0.357 e. The van der Waals surface area contributed by atoms with Crippen LogP contribution in [0.1, 0.15) is 0 Å². The fraction of sp³-hybridized carbons (Fsp3) is 0.357. The van der Waals surface area contributed by atoms with Gasteiger partial charge < -0.3 is 9.80 Å². The van der Waals surface area contributed by atoms with Crippen LogP contribution >= 0.6 is 22.1 Å². The summed E-state index contributed by atoms with van der Waals surface area (Å²) in [6.45, 7) is 6.08. The first kappa shape index (κ1) is 14.4. The molecule has 1 aromatic carbocycles. The molecule has 0 aromatic heterocycles. The Bertz CT molecular complexity index is 508. The SMILES string of the molecule is C=C(N1CCS(=C)CC1)N(C)c1ccc(F)c(Cl)c1. The lowest BCUT2D eigenvalue weighted by Gasteiger charge is -2.36. The summed E-state index contributed by atoms with van der Waals surface area (Å²) >= 11 is 5.82. The average molecular weight is 301 g/mol. The van der Waals surface area contributed by atoms with Crippen LogP contribution in [0, 0.1) is 5.82 Å². The van der Waals surface area contributed by atoms with Crippen molar-refractivity contribution in [3.05, 3.63) is 41.4 Å². The zero-order chi connectivity index (χ0) is 14.0. The van der Waals surface area contributed by atoms with Crippen molar-refractivity contribution in [3.8, 4) is 0 Å². The second-order valence-electron chi connectivity index (χ2n) is 4.58. The monoisotopic (exact) mass is 300 g/mol. The molecule has 1 fully saturated rings. The maximum atomic E-state index is 13.2. The summed E-state index contributed by atoms with van der Waals surface area (Å²) in [5.74, 6) is 6.85. The first-order valence-electron chi connectivity index (χ1n) is 6.09. The Morgan fingerprint density at radius 3 is 2.63 bits per heavy atom. The van der Waals surface area contributed by atoms with Gasteiger partial charge in [-0.15, -0.1) is 0 Å². The predicted molar refractivity (Wildman–Crippen MR) is 85.0 cm³/mol. The Labute approximate surface area is 121 Å². The third-order valence-corrected chi connectivity index (χ3v) is 5.15. The highest BCUT2D eigenvalue weighted by molar-refractivity contribution is 8.14. The van der Waals surface area contributed by atoms with Crippen molar-refractivity contribution >= 4 is 33.6 Å². The standard InChI is InChI=1S/C14H18ClFN2S/c1-11(18-6-8-19(3)9-7-18)17(2)12-4-5-14(16)13(15)10-12/h4-5,10H,1,3,6-9H2,2H3. The van der Waals surface area contributed by atoms with Gasteiger partial charge in [0.2, 0.25) is 0 Å². The first-order chi connectivity index (χ1) is 8.99. The Balaban J connectivity index is 2.10. The van der Waals surface area contributed by atoms with E-state index >= 15 is 0 Å². The molecule has 0 spiro atoms. The third-order valence-electron chi connectivity index (χ3n) is 3.34. The molecule has 2 nitrogen and oxygen atoms in total. The van der Waals surface area contributed by atoms with E-state index in [0.717, 1.165) is 36.1 Å². The van der Waals surface area contributed by atoms with Crippen molar-refractivity contribution in [1.29, 1.82) is 0 Å². The molecule has 0 unspecified atom stereocenters. The number of benzene rings is 1. The van der Waals surface area contributed by atoms with E-state index in [1.54, 1.807) is 12.1 Å². The lowest BCUT2D eigenvalue weighted by atomic mass is 10.3. The molecule has 2 rings (SSSR count). The molecule has 19 heavy (non-hydrogen) atoms. The predicted octanol–water partition coefficient (Wildman–Crippen LogP) is 3.40. The molecule has 0 saturated carbocycles. The minimum atomic E-state index is -0.400. The van der Waals surface area contributed by atoms with Gasteiger partial charge in [-0.2, -0.15) is 10.5 Å². The van der Waals surface area contributed by atoms with E-state index in [1.165, 1.54) is 6.07 Å². The van der Waals surface area contributed by atoms with Crippen molar-refractivity contribution in [2.75, 3.05) is 36.5 Å². The van der Waals surface area contributed by atoms with Gasteiger partial charge in [-0.1, -0.05) is 24.1 Å². The molecular formula is C14H18ClFN2S. The summed E-state index contributed by atoms with van der Waals surface area (Å²) in [4.78, 5) is 4.18. The van der Waals surface area contributed by atoms with E-state index in [2.05, 4.69) is 17.3 Å². The molecule has 1 aromatic rings. The first-order valence-corrected chi connectivity index (χ1v) is 8.20. The fourth-order valence-electron chi connectivity index (χ4n) is 2.01. The van der Waals surface area contributed by atoms with Crippen molar-refractivity contribution in [3.63, 3.8) is 0 Å². The van der Waals surface area contributed by atoms with Gasteiger partial charge in [-0.3, -0.25) is 0 Å². The smallest absolute Gasteiger partial charge is 0.141 e. The van der Waals surface area contributed by atoms with Crippen LogP contribution in [0.25, 0.3) is 0 Å². The summed E-state index contributed by atoms with van der Waals surface area (Å²) in [5, 5.41) is 0.134. The van der Waals surface area contributed by atoms with E-state index in [9.17, 15) is 4.39 Å². The van der Waals surface area contributed by atoms with Crippen LogP contribution < -0.4 is 4.90 Å². The molecule has 0 amide bonds. The van der Waals surface area contributed by atoms with Crippen LogP contribution in [-0.4, -0.2) is 42.4 Å². The van der Waals surface area contributed by atoms with E-state index in [4.69, 9.17) is 11.6 Å². The molecule has 1 aliphatic rings. The molecule has 1 aliphatic heterocycles. The Morgan fingerprint density at radius 1 is 1.42 bits per heavy atom. The van der Waals surface area contributed by atoms with Gasteiger partial charge in [-0.05, 0) is 18.2 Å². The molecule has 104 valence electrons. The number of rotatable bonds is 3. The number of anilines is 1. The molecule has 1 saturated heterocycles. The number of hydrogen-bond acceptors (Lipinski definition) is 2. The van der Waals surface area contributed by atoms with Crippen molar-refractivity contribution in [2.45, 2.75) is 0 Å². The maximum Gasteiger partial charge on any atom is 0.141 e. The number of nitrogens with zero attached hydrogens (tertiary/aromatic N) is 2. The summed E-state index contributed by atoms with van der Waals surface area (Å²) < 4.78 is 13.2. The van der Waals surface area contributed by atoms with Crippen LogP contribution in [-0.2, 0) is 0 Å². The summed E-state index contributed by atoms with van der Waals surface area (Å²) in [6, 6.07) is 4.71. The molecule has 0 bridgehead atoms. The lowest BCUT2D eigenvalue weighted by Crippen LogP contribution is -2.38. The van der Waals surface area contributed by atoms with Gasteiger partial charge in [0.25, 0.3) is 0 Å². The highest BCUT2D eigenvalue weighted by atomic mass is 35.5. The van der Waals surface area contributed by atoms with E-state index < -0.39 is 5.82 Å². The molecular weight excluding hydrogens is 283 g/mol. The molecule has 0 radical (unpaired) electrons. The van der Waals surface area contributed by atoms with Gasteiger partial charge >= 0.3 is 0 Å². The average Bonchev–Trinajstić information content (AvgIpc) is 2.41. The van der Waals surface area contributed by atoms with Crippen LogP contribution in [0.5, 0.6) is 0 Å². The lowest BCUT2D eigenvalue weighted by molar-refractivity contribution is 0.373. The highest BCUT2D eigenvalue weighted by Crippen LogP contribution is 2.26. The summed E-state index contributed by atoms with van der Waals surface area (Å²) in [6.07, 6.45) is 0. The Kier molecular flexibility index (Phi) is 4.53. The third kappa shape index (κ3) is 3.31. The Hall–Kier alpha value is -1.00. The summed E-state index contributed by atoms with van der Waals surface area (Å²) in [5.41, 5.74) is 0.843. The van der Waals surface area contributed by atoms with Gasteiger partial charge in [0.05, 0.1) is 5.02 Å². The molecule has 0 atom stereocenters. The van der Waals surface area contributed by atoms with E-state index in [0.29, 0.717) is 0 Å². The normalized spacial score (nSPS) is 16.5. The van der Waals surface area contributed by atoms with Crippen molar-refractivity contribution in [1.82, 2.24) is 4.90 Å². The van der Waals surface area contributed by atoms with Gasteiger partial charge in [0.15, 0.2) is 0 Å². The van der Waals surface area contributed by atoms with Crippen LogP contribution in [0.15, 0.2) is 30.6 Å². The van der Waals surface area contributed by atoms with Crippen molar-refractivity contribution in [2.24, 2.45) is 0 Å². The second-order valence-corrected chi connectivity index (χ2v) is 7.03. The topological polar surface area (TPSA) is 6.48 Å². The van der Waals surface area contributed by atoms with Crippen molar-refractivity contribution < 1.29 is 4.39 Å².